The van der Waals surface area contributed by atoms with Gasteiger partial charge in [0, 0.05) is 24.3 Å². The van der Waals surface area contributed by atoms with Crippen molar-refractivity contribution in [2.24, 2.45) is 5.92 Å². The zero-order valence-electron chi connectivity index (χ0n) is 14.1. The smallest absolute Gasteiger partial charge is 0.253 e. The van der Waals surface area contributed by atoms with Crippen molar-refractivity contribution in [2.75, 3.05) is 17.8 Å². The molecule has 1 atom stereocenters. The Labute approximate surface area is 139 Å². The highest BCUT2D eigenvalue weighted by Gasteiger charge is 2.22. The van der Waals surface area contributed by atoms with Crippen LogP contribution in [0.5, 0.6) is 0 Å². The summed E-state index contributed by atoms with van der Waals surface area (Å²) in [5.74, 6) is 0.340. The van der Waals surface area contributed by atoms with Gasteiger partial charge >= 0.3 is 0 Å². The molecule has 1 N–H and O–H groups in total. The molecule has 2 rings (SSSR count). The van der Waals surface area contributed by atoms with Gasteiger partial charge in [0.05, 0.1) is 5.25 Å². The topological polar surface area (TPSA) is 66.5 Å². The number of anilines is 1. The van der Waals surface area contributed by atoms with E-state index < -0.39 is 15.3 Å². The van der Waals surface area contributed by atoms with E-state index in [0.717, 1.165) is 25.9 Å². The maximum absolute atomic E-state index is 12.3. The molecular formula is C17H26N2O3S. The van der Waals surface area contributed by atoms with E-state index >= 15 is 0 Å². The summed E-state index contributed by atoms with van der Waals surface area (Å²) in [6, 6.07) is 6.68. The molecule has 1 saturated heterocycles. The minimum Gasteiger partial charge on any atom is -0.339 e. The lowest BCUT2D eigenvalue weighted by Gasteiger charge is -2.17. The van der Waals surface area contributed by atoms with Gasteiger partial charge in [0.1, 0.15) is 0 Å². The molecule has 5 nitrogen and oxygen atoms in total. The maximum Gasteiger partial charge on any atom is 0.253 e. The summed E-state index contributed by atoms with van der Waals surface area (Å²) in [6.07, 6.45) is 2.72. The first-order chi connectivity index (χ1) is 10.8. The number of rotatable bonds is 6. The van der Waals surface area contributed by atoms with Crippen LogP contribution in [0.15, 0.2) is 24.3 Å². The maximum atomic E-state index is 12.3. The quantitative estimate of drug-likeness (QED) is 0.867. The second-order valence-corrected chi connectivity index (χ2v) is 8.76. The molecule has 1 aliphatic rings. The van der Waals surface area contributed by atoms with E-state index in [1.807, 2.05) is 18.7 Å². The van der Waals surface area contributed by atoms with Crippen molar-refractivity contribution >= 4 is 21.6 Å². The van der Waals surface area contributed by atoms with Gasteiger partial charge in [0.15, 0.2) is 0 Å². The standard InChI is InChI=1S/C17H26N2O3S/c1-13(2)12-14(3)23(21,22)18-16-8-6-15(7-9-16)17(20)19-10-4-5-11-19/h6-9,13-14,18H,4-5,10-12H2,1-3H3/t14-/m0/s1. The molecule has 0 aliphatic carbocycles. The largest absolute Gasteiger partial charge is 0.339 e. The van der Waals surface area contributed by atoms with Crippen LogP contribution in [0.3, 0.4) is 0 Å². The van der Waals surface area contributed by atoms with Gasteiger partial charge in [-0.15, -0.1) is 0 Å². The lowest BCUT2D eigenvalue weighted by atomic mass is 10.1. The first kappa shape index (κ1) is 17.8. The van der Waals surface area contributed by atoms with Crippen LogP contribution in [0, 0.1) is 5.92 Å². The van der Waals surface area contributed by atoms with Gasteiger partial charge < -0.3 is 4.90 Å². The van der Waals surface area contributed by atoms with Crippen LogP contribution >= 0.6 is 0 Å². The predicted molar refractivity (Wildman–Crippen MR) is 93.0 cm³/mol. The molecule has 23 heavy (non-hydrogen) atoms. The Balaban J connectivity index is 2.03. The van der Waals surface area contributed by atoms with Gasteiger partial charge in [-0.3, -0.25) is 9.52 Å². The van der Waals surface area contributed by atoms with Crippen LogP contribution in [0.1, 0.15) is 50.4 Å². The number of amides is 1. The summed E-state index contributed by atoms with van der Waals surface area (Å²) >= 11 is 0. The zero-order valence-corrected chi connectivity index (χ0v) is 14.9. The van der Waals surface area contributed by atoms with Crippen molar-refractivity contribution in [1.82, 2.24) is 4.90 Å². The lowest BCUT2D eigenvalue weighted by molar-refractivity contribution is 0.0793. The van der Waals surface area contributed by atoms with E-state index in [1.54, 1.807) is 31.2 Å². The second-order valence-electron chi connectivity index (χ2n) is 6.66. The summed E-state index contributed by atoms with van der Waals surface area (Å²) in [7, 11) is -3.40. The summed E-state index contributed by atoms with van der Waals surface area (Å²) in [4.78, 5) is 14.1. The molecule has 0 saturated carbocycles. The third kappa shape index (κ3) is 4.70. The molecule has 6 heteroatoms. The number of carbonyl (C=O) groups excluding carboxylic acids is 1. The Hall–Kier alpha value is -1.56. The van der Waals surface area contributed by atoms with Gasteiger partial charge in [-0.25, -0.2) is 8.42 Å². The lowest BCUT2D eigenvalue weighted by Crippen LogP contribution is -2.28. The van der Waals surface area contributed by atoms with Gasteiger partial charge in [-0.2, -0.15) is 0 Å². The van der Waals surface area contributed by atoms with Crippen molar-refractivity contribution in [3.05, 3.63) is 29.8 Å². The molecule has 1 aromatic rings. The fourth-order valence-corrected chi connectivity index (χ4v) is 4.14. The molecule has 1 heterocycles. The summed E-state index contributed by atoms with van der Waals surface area (Å²) in [6.45, 7) is 7.34. The van der Waals surface area contributed by atoms with Crippen molar-refractivity contribution in [3.8, 4) is 0 Å². The number of likely N-dealkylation sites (tertiary alicyclic amines) is 1. The molecule has 1 amide bonds. The number of benzene rings is 1. The van der Waals surface area contributed by atoms with Gasteiger partial charge in [-0.1, -0.05) is 13.8 Å². The highest BCUT2D eigenvalue weighted by molar-refractivity contribution is 7.93. The highest BCUT2D eigenvalue weighted by atomic mass is 32.2. The fourth-order valence-electron chi connectivity index (χ4n) is 2.84. The zero-order chi connectivity index (χ0) is 17.0. The Morgan fingerprint density at radius 1 is 1.13 bits per heavy atom. The van der Waals surface area contributed by atoms with Crippen molar-refractivity contribution in [3.63, 3.8) is 0 Å². The first-order valence-corrected chi connectivity index (χ1v) is 9.75. The molecule has 1 fully saturated rings. The Bertz CT molecular complexity index is 632. The second kappa shape index (κ2) is 7.34. The number of hydrogen-bond acceptors (Lipinski definition) is 3. The van der Waals surface area contributed by atoms with Crippen LogP contribution in [0.2, 0.25) is 0 Å². The van der Waals surface area contributed by atoms with E-state index in [9.17, 15) is 13.2 Å². The summed E-state index contributed by atoms with van der Waals surface area (Å²) in [5.41, 5.74) is 1.10. The van der Waals surface area contributed by atoms with Crippen LogP contribution in [0.25, 0.3) is 0 Å². The minimum atomic E-state index is -3.40. The number of hydrogen-bond donors (Lipinski definition) is 1. The molecule has 0 spiro atoms. The van der Waals surface area contributed by atoms with E-state index in [1.165, 1.54) is 0 Å². The Morgan fingerprint density at radius 2 is 1.70 bits per heavy atom. The minimum absolute atomic E-state index is 0.0186. The highest BCUT2D eigenvalue weighted by Crippen LogP contribution is 2.19. The van der Waals surface area contributed by atoms with E-state index in [4.69, 9.17) is 0 Å². The van der Waals surface area contributed by atoms with Crippen molar-refractivity contribution < 1.29 is 13.2 Å². The van der Waals surface area contributed by atoms with Crippen molar-refractivity contribution in [2.45, 2.75) is 45.3 Å². The molecule has 0 unspecified atom stereocenters. The molecule has 0 bridgehead atoms. The molecule has 1 aromatic carbocycles. The molecular weight excluding hydrogens is 312 g/mol. The SMILES string of the molecule is CC(C)C[C@H](C)S(=O)(=O)Nc1ccc(C(=O)N2CCCC2)cc1. The fraction of sp³-hybridized carbons (Fsp3) is 0.588. The van der Waals surface area contributed by atoms with E-state index in [-0.39, 0.29) is 5.91 Å². The molecule has 0 radical (unpaired) electrons. The third-order valence-electron chi connectivity index (χ3n) is 4.12. The van der Waals surface area contributed by atoms with Gasteiger partial charge in [-0.05, 0) is 56.4 Å². The Kier molecular flexibility index (Phi) is 5.68. The average Bonchev–Trinajstić information content (AvgIpc) is 3.00. The van der Waals surface area contributed by atoms with E-state index in [2.05, 4.69) is 4.72 Å². The van der Waals surface area contributed by atoms with Crippen LogP contribution in [-0.4, -0.2) is 37.6 Å². The molecule has 0 aromatic heterocycles. The van der Waals surface area contributed by atoms with Crippen molar-refractivity contribution in [1.29, 1.82) is 0 Å². The predicted octanol–water partition coefficient (Wildman–Crippen LogP) is 3.10. The normalized spacial score (nSPS) is 16.6. The number of nitrogens with zero attached hydrogens (tertiary/aromatic N) is 1. The number of nitrogens with one attached hydrogen (secondary N) is 1. The Morgan fingerprint density at radius 3 is 2.22 bits per heavy atom. The molecule has 128 valence electrons. The monoisotopic (exact) mass is 338 g/mol. The van der Waals surface area contributed by atoms with Gasteiger partial charge in [0.2, 0.25) is 10.0 Å². The summed E-state index contributed by atoms with van der Waals surface area (Å²) < 4.78 is 27.2. The first-order valence-electron chi connectivity index (χ1n) is 8.20. The average molecular weight is 338 g/mol. The van der Waals surface area contributed by atoms with Gasteiger partial charge in [0.25, 0.3) is 5.91 Å². The molecule has 1 aliphatic heterocycles. The van der Waals surface area contributed by atoms with Crippen LogP contribution in [-0.2, 0) is 10.0 Å². The van der Waals surface area contributed by atoms with Crippen LogP contribution in [0.4, 0.5) is 5.69 Å². The number of sulfonamides is 1. The van der Waals surface area contributed by atoms with Crippen LogP contribution < -0.4 is 4.72 Å². The summed E-state index contributed by atoms with van der Waals surface area (Å²) in [5, 5.41) is -0.451. The number of carbonyl (C=O) groups is 1. The third-order valence-corrected chi connectivity index (χ3v) is 5.89. The van der Waals surface area contributed by atoms with E-state index in [0.29, 0.717) is 23.6 Å².